The molecule has 1 saturated heterocycles. The average Bonchev–Trinajstić information content (AvgIpc) is 2.97. The number of nitrogens with one attached hydrogen (secondary N) is 1. The lowest BCUT2D eigenvalue weighted by molar-refractivity contribution is -0.137. The van der Waals surface area contributed by atoms with Crippen LogP contribution in [0.4, 0.5) is 23.7 Å². The summed E-state index contributed by atoms with van der Waals surface area (Å²) in [6.07, 6.45) is -3.15. The largest absolute Gasteiger partial charge is 0.494 e. The zero-order valence-electron chi connectivity index (χ0n) is 16.2. The molecule has 0 aromatic heterocycles. The summed E-state index contributed by atoms with van der Waals surface area (Å²) >= 11 is 0.622. The molecule has 1 aliphatic rings. The summed E-state index contributed by atoms with van der Waals surface area (Å²) in [6, 6.07) is 10.8. The summed E-state index contributed by atoms with van der Waals surface area (Å²) in [5, 5.41) is 1.95. The summed E-state index contributed by atoms with van der Waals surface area (Å²) in [6.45, 7) is 1.87. The van der Waals surface area contributed by atoms with E-state index >= 15 is 0 Å². The maximum absolute atomic E-state index is 12.7. The Balaban J connectivity index is 1.64. The van der Waals surface area contributed by atoms with E-state index in [9.17, 15) is 27.6 Å². The van der Waals surface area contributed by atoms with E-state index in [2.05, 4.69) is 5.32 Å². The number of alkyl halides is 3. The SMILES string of the molecule is CCOc1ccc(NC(=O)CN2C(=O)S/C(=C/c3ccc(C(F)(F)F)cc3)C2=O)cc1. The van der Waals surface area contributed by atoms with Gasteiger partial charge in [0.25, 0.3) is 11.1 Å². The Kier molecular flexibility index (Phi) is 6.69. The molecule has 6 nitrogen and oxygen atoms in total. The minimum Gasteiger partial charge on any atom is -0.494 e. The van der Waals surface area contributed by atoms with Gasteiger partial charge in [-0.1, -0.05) is 12.1 Å². The molecular weight excluding hydrogens is 433 g/mol. The first-order valence-electron chi connectivity index (χ1n) is 9.12. The molecule has 1 heterocycles. The lowest BCUT2D eigenvalue weighted by Gasteiger charge is -2.12. The van der Waals surface area contributed by atoms with Gasteiger partial charge < -0.3 is 10.1 Å². The zero-order valence-corrected chi connectivity index (χ0v) is 17.0. The highest BCUT2D eigenvalue weighted by atomic mass is 32.2. The van der Waals surface area contributed by atoms with Crippen LogP contribution in [0.3, 0.4) is 0 Å². The highest BCUT2D eigenvalue weighted by Gasteiger charge is 2.36. The Morgan fingerprint density at radius 3 is 2.32 bits per heavy atom. The molecule has 1 aliphatic heterocycles. The number of halogens is 3. The van der Waals surface area contributed by atoms with Gasteiger partial charge in [0.15, 0.2) is 0 Å². The van der Waals surface area contributed by atoms with Crippen molar-refractivity contribution in [2.45, 2.75) is 13.1 Å². The number of ether oxygens (including phenoxy) is 1. The van der Waals surface area contributed by atoms with Crippen LogP contribution in [0.1, 0.15) is 18.1 Å². The normalized spacial score (nSPS) is 15.5. The van der Waals surface area contributed by atoms with Gasteiger partial charge in [-0.2, -0.15) is 13.2 Å². The number of benzene rings is 2. The van der Waals surface area contributed by atoms with Gasteiger partial charge in [0.1, 0.15) is 12.3 Å². The van der Waals surface area contributed by atoms with Crippen molar-refractivity contribution in [1.29, 1.82) is 0 Å². The van der Waals surface area contributed by atoms with Gasteiger partial charge in [-0.3, -0.25) is 19.3 Å². The number of amides is 3. The van der Waals surface area contributed by atoms with E-state index in [0.29, 0.717) is 35.4 Å². The molecule has 1 N–H and O–H groups in total. The summed E-state index contributed by atoms with van der Waals surface area (Å²) in [4.78, 5) is 37.7. The third kappa shape index (κ3) is 5.66. The number of carbonyl (C=O) groups is 3. The summed E-state index contributed by atoms with van der Waals surface area (Å²) in [7, 11) is 0. The molecule has 0 saturated carbocycles. The number of hydrogen-bond acceptors (Lipinski definition) is 5. The first-order valence-corrected chi connectivity index (χ1v) is 9.94. The van der Waals surface area contributed by atoms with Gasteiger partial charge in [-0.05, 0) is 66.7 Å². The fraction of sp³-hybridized carbons (Fsp3) is 0.190. The molecule has 2 aromatic carbocycles. The Morgan fingerprint density at radius 2 is 1.74 bits per heavy atom. The second-order valence-corrected chi connectivity index (χ2v) is 7.39. The van der Waals surface area contributed by atoms with Crippen molar-refractivity contribution in [1.82, 2.24) is 4.90 Å². The molecule has 0 atom stereocenters. The maximum Gasteiger partial charge on any atom is 0.416 e. The lowest BCUT2D eigenvalue weighted by Crippen LogP contribution is -2.36. The molecule has 0 unspecified atom stereocenters. The third-order valence-corrected chi connectivity index (χ3v) is 5.07. The van der Waals surface area contributed by atoms with Crippen LogP contribution in [0.5, 0.6) is 5.75 Å². The fourth-order valence-electron chi connectivity index (χ4n) is 2.70. The van der Waals surface area contributed by atoms with Crippen LogP contribution in [0, 0.1) is 0 Å². The van der Waals surface area contributed by atoms with Crippen LogP contribution >= 0.6 is 11.8 Å². The summed E-state index contributed by atoms with van der Waals surface area (Å²) < 4.78 is 43.3. The predicted molar refractivity (Wildman–Crippen MR) is 110 cm³/mol. The lowest BCUT2D eigenvalue weighted by atomic mass is 10.1. The van der Waals surface area contributed by atoms with Gasteiger partial charge in [-0.15, -0.1) is 0 Å². The molecule has 3 rings (SSSR count). The molecule has 10 heteroatoms. The first-order chi connectivity index (χ1) is 14.7. The molecule has 162 valence electrons. The number of carbonyl (C=O) groups excluding carboxylic acids is 3. The standard InChI is InChI=1S/C21H17F3N2O4S/c1-2-30-16-9-7-15(8-10-16)25-18(27)12-26-19(28)17(31-20(26)29)11-13-3-5-14(6-4-13)21(22,23)24/h3-11H,2,12H2,1H3,(H,25,27)/b17-11+. The van der Waals surface area contributed by atoms with Crippen LogP contribution < -0.4 is 10.1 Å². The minimum absolute atomic E-state index is 0.0265. The van der Waals surface area contributed by atoms with Gasteiger partial charge in [-0.25, -0.2) is 0 Å². The van der Waals surface area contributed by atoms with Crippen molar-refractivity contribution >= 4 is 40.6 Å². The van der Waals surface area contributed by atoms with E-state index in [0.717, 1.165) is 17.0 Å². The first kappa shape index (κ1) is 22.4. The van der Waals surface area contributed by atoms with Crippen LogP contribution in [-0.2, 0) is 15.8 Å². The van der Waals surface area contributed by atoms with Gasteiger partial charge in [0.2, 0.25) is 5.91 Å². The Morgan fingerprint density at radius 1 is 1.10 bits per heavy atom. The predicted octanol–water partition coefficient (Wildman–Crippen LogP) is 4.78. The van der Waals surface area contributed by atoms with E-state index in [4.69, 9.17) is 4.74 Å². The third-order valence-electron chi connectivity index (χ3n) is 4.16. The van der Waals surface area contributed by atoms with Crippen molar-refractivity contribution in [2.75, 3.05) is 18.5 Å². The molecule has 2 aromatic rings. The van der Waals surface area contributed by atoms with Crippen LogP contribution in [0.15, 0.2) is 53.4 Å². The Labute approximate surface area is 180 Å². The van der Waals surface area contributed by atoms with Crippen LogP contribution in [-0.4, -0.2) is 35.1 Å². The minimum atomic E-state index is -4.47. The van der Waals surface area contributed by atoms with E-state index < -0.39 is 35.3 Å². The number of nitrogens with zero attached hydrogens (tertiary/aromatic N) is 1. The van der Waals surface area contributed by atoms with Crippen molar-refractivity contribution in [2.24, 2.45) is 0 Å². The fourth-order valence-corrected chi connectivity index (χ4v) is 3.54. The molecule has 1 fully saturated rings. The topological polar surface area (TPSA) is 75.7 Å². The number of imide groups is 1. The molecule has 0 aliphatic carbocycles. The maximum atomic E-state index is 12.7. The highest BCUT2D eigenvalue weighted by molar-refractivity contribution is 8.18. The number of anilines is 1. The average molecular weight is 450 g/mol. The van der Waals surface area contributed by atoms with Crippen molar-refractivity contribution in [3.8, 4) is 5.75 Å². The Bertz CT molecular complexity index is 1020. The smallest absolute Gasteiger partial charge is 0.416 e. The molecule has 0 bridgehead atoms. The summed E-state index contributed by atoms with van der Waals surface area (Å²) in [5.74, 6) is -0.612. The van der Waals surface area contributed by atoms with E-state index in [1.165, 1.54) is 18.2 Å². The highest BCUT2D eigenvalue weighted by Crippen LogP contribution is 2.33. The molecule has 0 radical (unpaired) electrons. The molecule has 31 heavy (non-hydrogen) atoms. The number of thioether (sulfide) groups is 1. The monoisotopic (exact) mass is 450 g/mol. The van der Waals surface area contributed by atoms with Crippen molar-refractivity contribution < 1.29 is 32.3 Å². The van der Waals surface area contributed by atoms with Crippen LogP contribution in [0.2, 0.25) is 0 Å². The molecule has 3 amide bonds. The second-order valence-electron chi connectivity index (χ2n) is 6.39. The van der Waals surface area contributed by atoms with E-state index in [1.54, 1.807) is 24.3 Å². The number of hydrogen-bond donors (Lipinski definition) is 1. The quantitative estimate of drug-likeness (QED) is 0.641. The Hall–Kier alpha value is -3.27. The molecule has 0 spiro atoms. The summed E-state index contributed by atoms with van der Waals surface area (Å²) in [5.41, 5.74) is -0.0122. The van der Waals surface area contributed by atoms with Crippen LogP contribution in [0.25, 0.3) is 6.08 Å². The van der Waals surface area contributed by atoms with Gasteiger partial charge >= 0.3 is 6.18 Å². The van der Waals surface area contributed by atoms with Gasteiger partial charge in [0.05, 0.1) is 17.1 Å². The van der Waals surface area contributed by atoms with Crippen molar-refractivity contribution in [3.63, 3.8) is 0 Å². The number of rotatable bonds is 6. The molecular formula is C21H17F3N2O4S. The second kappa shape index (κ2) is 9.25. The van der Waals surface area contributed by atoms with E-state index in [-0.39, 0.29) is 4.91 Å². The van der Waals surface area contributed by atoms with Crippen molar-refractivity contribution in [3.05, 3.63) is 64.6 Å². The van der Waals surface area contributed by atoms with E-state index in [1.807, 2.05) is 6.92 Å². The van der Waals surface area contributed by atoms with Gasteiger partial charge in [0, 0.05) is 5.69 Å². The zero-order chi connectivity index (χ0) is 22.6.